The molecule has 2 unspecified atom stereocenters. The summed E-state index contributed by atoms with van der Waals surface area (Å²) in [6.45, 7) is 6.67. The minimum atomic E-state index is -0.191. The van der Waals surface area contributed by atoms with E-state index in [1.165, 1.54) is 6.07 Å². The Morgan fingerprint density at radius 1 is 1.47 bits per heavy atom. The van der Waals surface area contributed by atoms with E-state index in [1.54, 1.807) is 12.1 Å². The van der Waals surface area contributed by atoms with Crippen LogP contribution in [-0.4, -0.2) is 19.2 Å². The van der Waals surface area contributed by atoms with Crippen LogP contribution >= 0.6 is 0 Å². The molecule has 2 atom stereocenters. The summed E-state index contributed by atoms with van der Waals surface area (Å²) in [6.07, 6.45) is 1.39. The van der Waals surface area contributed by atoms with Gasteiger partial charge in [0, 0.05) is 6.54 Å². The van der Waals surface area contributed by atoms with Gasteiger partial charge in [-0.2, -0.15) is 0 Å². The second-order valence-electron chi connectivity index (χ2n) is 4.89. The van der Waals surface area contributed by atoms with E-state index in [4.69, 9.17) is 4.74 Å². The zero-order chi connectivity index (χ0) is 12.3. The Labute approximate surface area is 102 Å². The maximum Gasteiger partial charge on any atom is 0.123 e. The molecule has 0 aliphatic carbocycles. The lowest BCUT2D eigenvalue weighted by Crippen LogP contribution is -2.40. The molecule has 1 aliphatic rings. The molecule has 3 heteroatoms. The molecule has 2 rings (SSSR count). The molecule has 1 aromatic rings. The van der Waals surface area contributed by atoms with E-state index in [0.29, 0.717) is 12.5 Å². The molecule has 1 N–H and O–H groups in total. The summed E-state index contributed by atoms with van der Waals surface area (Å²) in [5.41, 5.74) is 2.03. The average Bonchev–Trinajstić information content (AvgIpc) is 2.32. The lowest BCUT2D eigenvalue weighted by molar-refractivity contribution is -0.00685. The quantitative estimate of drug-likeness (QED) is 0.872. The van der Waals surface area contributed by atoms with Crippen LogP contribution < -0.4 is 5.32 Å². The van der Waals surface area contributed by atoms with Crippen molar-refractivity contribution in [3.63, 3.8) is 0 Å². The minimum absolute atomic E-state index is 0.191. The topological polar surface area (TPSA) is 21.3 Å². The predicted octanol–water partition coefficient (Wildman–Crippen LogP) is 2.65. The highest BCUT2D eigenvalue weighted by Crippen LogP contribution is 2.18. The number of hydrogen-bond acceptors (Lipinski definition) is 2. The van der Waals surface area contributed by atoms with Gasteiger partial charge >= 0.3 is 0 Å². The van der Waals surface area contributed by atoms with Crippen molar-refractivity contribution in [2.45, 2.75) is 33.0 Å². The smallest absolute Gasteiger partial charge is 0.123 e. The van der Waals surface area contributed by atoms with Crippen LogP contribution in [0.2, 0.25) is 0 Å². The Hall–Kier alpha value is -0.930. The molecule has 1 aliphatic heterocycles. The van der Waals surface area contributed by atoms with Crippen molar-refractivity contribution in [1.29, 1.82) is 0 Å². The third kappa shape index (κ3) is 3.27. The monoisotopic (exact) mass is 237 g/mol. The van der Waals surface area contributed by atoms with Gasteiger partial charge in [0.2, 0.25) is 0 Å². The Morgan fingerprint density at radius 3 is 3.06 bits per heavy atom. The number of aryl methyl sites for hydroxylation is 1. The molecular weight excluding hydrogens is 217 g/mol. The van der Waals surface area contributed by atoms with Crippen molar-refractivity contribution in [3.8, 4) is 0 Å². The summed E-state index contributed by atoms with van der Waals surface area (Å²) in [7, 11) is 0. The second kappa shape index (κ2) is 5.61. The van der Waals surface area contributed by atoms with Gasteiger partial charge in [0.15, 0.2) is 0 Å². The first kappa shape index (κ1) is 12.5. The lowest BCUT2D eigenvalue weighted by Gasteiger charge is -2.29. The summed E-state index contributed by atoms with van der Waals surface area (Å²) in [5.74, 6) is 0.383. The van der Waals surface area contributed by atoms with Crippen LogP contribution in [0.3, 0.4) is 0 Å². The summed E-state index contributed by atoms with van der Waals surface area (Å²) < 4.78 is 19.0. The van der Waals surface area contributed by atoms with Crippen molar-refractivity contribution in [3.05, 3.63) is 35.1 Å². The summed E-state index contributed by atoms with van der Waals surface area (Å²) in [5, 5.41) is 3.33. The zero-order valence-corrected chi connectivity index (χ0v) is 10.5. The van der Waals surface area contributed by atoms with Gasteiger partial charge in [-0.25, -0.2) is 4.39 Å². The fraction of sp³-hybridized carbons (Fsp3) is 0.571. The molecular formula is C14H20FNO. The summed E-state index contributed by atoms with van der Waals surface area (Å²) in [6, 6.07) is 4.86. The number of rotatable bonds is 3. The SMILES string of the molecule is Cc1ccc(F)cc1COC1CNCCC1C. The van der Waals surface area contributed by atoms with E-state index in [9.17, 15) is 4.39 Å². The number of hydrogen-bond donors (Lipinski definition) is 1. The van der Waals surface area contributed by atoms with E-state index in [0.717, 1.165) is 30.6 Å². The normalized spacial score (nSPS) is 24.9. The van der Waals surface area contributed by atoms with Crippen LogP contribution in [0.25, 0.3) is 0 Å². The van der Waals surface area contributed by atoms with Gasteiger partial charge in [0.25, 0.3) is 0 Å². The summed E-state index contributed by atoms with van der Waals surface area (Å²) >= 11 is 0. The fourth-order valence-corrected chi connectivity index (χ4v) is 2.18. The standard InChI is InChI=1S/C14H20FNO/c1-10-3-4-13(15)7-12(10)9-17-14-8-16-6-5-11(14)2/h3-4,7,11,14,16H,5-6,8-9H2,1-2H3. The van der Waals surface area contributed by atoms with E-state index in [2.05, 4.69) is 12.2 Å². The predicted molar refractivity (Wildman–Crippen MR) is 66.4 cm³/mol. The van der Waals surface area contributed by atoms with Crippen LogP contribution in [0.1, 0.15) is 24.5 Å². The molecule has 94 valence electrons. The van der Waals surface area contributed by atoms with Gasteiger partial charge in [-0.1, -0.05) is 13.0 Å². The van der Waals surface area contributed by atoms with Gasteiger partial charge in [-0.05, 0) is 49.1 Å². The van der Waals surface area contributed by atoms with Crippen molar-refractivity contribution in [2.24, 2.45) is 5.92 Å². The lowest BCUT2D eigenvalue weighted by atomic mass is 9.97. The highest BCUT2D eigenvalue weighted by molar-refractivity contribution is 5.25. The highest BCUT2D eigenvalue weighted by Gasteiger charge is 2.21. The maximum absolute atomic E-state index is 13.1. The fourth-order valence-electron chi connectivity index (χ4n) is 2.18. The molecule has 1 saturated heterocycles. The first-order valence-electron chi connectivity index (χ1n) is 6.24. The van der Waals surface area contributed by atoms with Crippen LogP contribution in [0, 0.1) is 18.7 Å². The molecule has 1 aromatic carbocycles. The number of halogens is 1. The number of ether oxygens (including phenoxy) is 1. The van der Waals surface area contributed by atoms with E-state index < -0.39 is 0 Å². The molecule has 17 heavy (non-hydrogen) atoms. The molecule has 0 saturated carbocycles. The van der Waals surface area contributed by atoms with Gasteiger partial charge in [0.05, 0.1) is 12.7 Å². The first-order chi connectivity index (χ1) is 8.16. The Kier molecular flexibility index (Phi) is 4.13. The molecule has 2 nitrogen and oxygen atoms in total. The van der Waals surface area contributed by atoms with Crippen molar-refractivity contribution in [2.75, 3.05) is 13.1 Å². The second-order valence-corrected chi connectivity index (χ2v) is 4.89. The molecule has 0 aromatic heterocycles. The highest BCUT2D eigenvalue weighted by atomic mass is 19.1. The van der Waals surface area contributed by atoms with Gasteiger partial charge in [-0.3, -0.25) is 0 Å². The van der Waals surface area contributed by atoms with E-state index in [1.807, 2.05) is 6.92 Å². The van der Waals surface area contributed by atoms with Gasteiger partial charge in [-0.15, -0.1) is 0 Å². The third-order valence-corrected chi connectivity index (χ3v) is 3.52. The Morgan fingerprint density at radius 2 is 2.29 bits per heavy atom. The van der Waals surface area contributed by atoms with Crippen LogP contribution in [0.4, 0.5) is 4.39 Å². The van der Waals surface area contributed by atoms with Crippen molar-refractivity contribution in [1.82, 2.24) is 5.32 Å². The van der Waals surface area contributed by atoms with Crippen LogP contribution in [0.5, 0.6) is 0 Å². The number of benzene rings is 1. The third-order valence-electron chi connectivity index (χ3n) is 3.52. The maximum atomic E-state index is 13.1. The molecule has 0 radical (unpaired) electrons. The molecule has 0 amide bonds. The van der Waals surface area contributed by atoms with Crippen LogP contribution in [-0.2, 0) is 11.3 Å². The van der Waals surface area contributed by atoms with E-state index >= 15 is 0 Å². The molecule has 0 spiro atoms. The summed E-state index contributed by atoms with van der Waals surface area (Å²) in [4.78, 5) is 0. The Balaban J connectivity index is 1.94. The number of piperidine rings is 1. The van der Waals surface area contributed by atoms with Crippen LogP contribution in [0.15, 0.2) is 18.2 Å². The van der Waals surface area contributed by atoms with Crippen molar-refractivity contribution < 1.29 is 9.13 Å². The first-order valence-corrected chi connectivity index (χ1v) is 6.24. The average molecular weight is 237 g/mol. The van der Waals surface area contributed by atoms with Gasteiger partial charge < -0.3 is 10.1 Å². The largest absolute Gasteiger partial charge is 0.372 e. The van der Waals surface area contributed by atoms with Crippen molar-refractivity contribution >= 4 is 0 Å². The van der Waals surface area contributed by atoms with Gasteiger partial charge in [0.1, 0.15) is 5.82 Å². The number of nitrogens with one attached hydrogen (secondary N) is 1. The molecule has 1 heterocycles. The molecule has 1 fully saturated rings. The zero-order valence-electron chi connectivity index (χ0n) is 10.5. The minimum Gasteiger partial charge on any atom is -0.372 e. The molecule has 0 bridgehead atoms. The Bertz CT molecular complexity index is 380. The van der Waals surface area contributed by atoms with E-state index in [-0.39, 0.29) is 11.9 Å².